The minimum Gasteiger partial charge on any atom is -0.477 e. The first kappa shape index (κ1) is 29.3. The number of ether oxygens (including phenoxy) is 3. The molecule has 43 heavy (non-hydrogen) atoms. The molecule has 4 aromatic rings. The van der Waals surface area contributed by atoms with Crippen molar-refractivity contribution in [2.75, 3.05) is 19.8 Å². The van der Waals surface area contributed by atoms with Gasteiger partial charge >= 0.3 is 5.69 Å². The maximum absolute atomic E-state index is 14.2. The minimum absolute atomic E-state index is 0.213. The summed E-state index contributed by atoms with van der Waals surface area (Å²) in [6, 6.07) is 11.8. The number of benzene rings is 1. The maximum atomic E-state index is 14.2. The Kier molecular flexibility index (Phi) is 8.76. The van der Waals surface area contributed by atoms with Gasteiger partial charge in [0.2, 0.25) is 5.88 Å². The van der Waals surface area contributed by atoms with Crippen LogP contribution in [0.15, 0.2) is 52.2 Å². The van der Waals surface area contributed by atoms with Crippen LogP contribution < -0.4 is 16.0 Å². The van der Waals surface area contributed by atoms with Crippen molar-refractivity contribution in [2.24, 2.45) is 5.92 Å². The number of fused-ring (bicyclic) bond motifs is 1. The summed E-state index contributed by atoms with van der Waals surface area (Å²) in [5.41, 5.74) is 2.89. The van der Waals surface area contributed by atoms with E-state index < -0.39 is 0 Å². The highest BCUT2D eigenvalue weighted by molar-refractivity contribution is 5.78. The first-order chi connectivity index (χ1) is 20.9. The van der Waals surface area contributed by atoms with Crippen LogP contribution in [-0.2, 0) is 22.6 Å². The van der Waals surface area contributed by atoms with Crippen molar-refractivity contribution < 1.29 is 14.2 Å². The number of hydrogen-bond donors (Lipinski definition) is 0. The second-order valence-electron chi connectivity index (χ2n) is 12.0. The van der Waals surface area contributed by atoms with E-state index >= 15 is 0 Å². The second-order valence-corrected chi connectivity index (χ2v) is 12.0. The fourth-order valence-electron chi connectivity index (χ4n) is 5.59. The summed E-state index contributed by atoms with van der Waals surface area (Å²) >= 11 is 0. The molecule has 2 aliphatic rings. The first-order valence-corrected chi connectivity index (χ1v) is 15.5. The van der Waals surface area contributed by atoms with E-state index in [9.17, 15) is 9.59 Å². The van der Waals surface area contributed by atoms with E-state index in [-0.39, 0.29) is 30.1 Å². The molecule has 228 valence electrons. The molecule has 3 aromatic heterocycles. The number of imidazole rings is 1. The molecular weight excluding hydrogens is 546 g/mol. The van der Waals surface area contributed by atoms with Gasteiger partial charge in [-0.05, 0) is 82.9 Å². The molecule has 1 unspecified atom stereocenters. The van der Waals surface area contributed by atoms with Gasteiger partial charge in [-0.15, -0.1) is 0 Å². The van der Waals surface area contributed by atoms with Crippen LogP contribution in [0.4, 0.5) is 0 Å². The number of hydrogen-bond acceptors (Lipinski definition) is 7. The number of rotatable bonds is 12. The second kappa shape index (κ2) is 12.9. The van der Waals surface area contributed by atoms with Gasteiger partial charge in [0, 0.05) is 31.9 Å². The quantitative estimate of drug-likeness (QED) is 0.213. The molecule has 10 heteroatoms. The first-order valence-electron chi connectivity index (χ1n) is 15.5. The van der Waals surface area contributed by atoms with E-state index in [0.717, 1.165) is 43.2 Å². The molecule has 6 rings (SSSR count). The minimum atomic E-state index is -0.371. The average Bonchev–Trinajstić information content (AvgIpc) is 3.77. The molecule has 1 aliphatic carbocycles. The summed E-state index contributed by atoms with van der Waals surface area (Å²) in [6.07, 6.45) is 7.32. The molecule has 2 fully saturated rings. The lowest BCUT2D eigenvalue weighted by Gasteiger charge is -2.22. The molecule has 0 radical (unpaired) electrons. The summed E-state index contributed by atoms with van der Waals surface area (Å²) in [7, 11) is 0. The molecule has 1 saturated heterocycles. The van der Waals surface area contributed by atoms with Crippen LogP contribution in [0, 0.1) is 12.8 Å². The maximum Gasteiger partial charge on any atom is 0.332 e. The van der Waals surface area contributed by atoms with Crippen LogP contribution in [-0.4, -0.2) is 49.8 Å². The predicted octanol–water partition coefficient (Wildman–Crippen LogP) is 5.08. The van der Waals surface area contributed by atoms with E-state index in [0.29, 0.717) is 67.1 Å². The molecule has 1 aliphatic heterocycles. The molecule has 0 spiro atoms. The Morgan fingerprint density at radius 2 is 1.86 bits per heavy atom. The van der Waals surface area contributed by atoms with Crippen molar-refractivity contribution in [2.45, 2.75) is 84.7 Å². The monoisotopic (exact) mass is 587 g/mol. The van der Waals surface area contributed by atoms with E-state index in [1.807, 2.05) is 37.5 Å². The Bertz CT molecular complexity index is 1680. The van der Waals surface area contributed by atoms with Gasteiger partial charge in [-0.1, -0.05) is 29.8 Å². The van der Waals surface area contributed by atoms with E-state index in [4.69, 9.17) is 19.2 Å². The van der Waals surface area contributed by atoms with Crippen molar-refractivity contribution in [3.63, 3.8) is 0 Å². The molecule has 1 aromatic carbocycles. The molecular formula is C33H41N5O5. The fraction of sp³-hybridized carbons (Fsp3) is 0.515. The van der Waals surface area contributed by atoms with Crippen LogP contribution >= 0.6 is 0 Å². The Balaban J connectivity index is 1.45. The lowest BCUT2D eigenvalue weighted by molar-refractivity contribution is -0.163. The summed E-state index contributed by atoms with van der Waals surface area (Å²) in [4.78, 5) is 37.6. The number of nitrogens with zero attached hydrogens (tertiary/aromatic N) is 5. The molecule has 10 nitrogen and oxygen atoms in total. The van der Waals surface area contributed by atoms with Crippen LogP contribution in [0.1, 0.15) is 69.5 Å². The summed E-state index contributed by atoms with van der Waals surface area (Å²) in [5, 5.41) is 0. The molecule has 0 N–H and O–H groups in total. The topological polar surface area (TPSA) is 102 Å². The Labute approximate surface area is 251 Å². The van der Waals surface area contributed by atoms with E-state index in [1.54, 1.807) is 10.8 Å². The van der Waals surface area contributed by atoms with Gasteiger partial charge in [0.25, 0.3) is 5.56 Å². The van der Waals surface area contributed by atoms with Crippen LogP contribution in [0.5, 0.6) is 5.88 Å². The standard InChI is InChI=1S/C33H41N5O5/c1-22(2)38-30-28(32(39)36(33(38)40)17-7-19-42-27-9-4-5-18-41-27)37(20-24-12-10-23(3)11-13-24)29(35-30)26-8-6-16-34-31(26)43-21-25-14-15-25/h6,8,10-13,16,22,25,27H,4-5,7,9,14-15,17-21H2,1-3H3. The van der Waals surface area contributed by atoms with E-state index in [1.165, 1.54) is 4.57 Å². The highest BCUT2D eigenvalue weighted by atomic mass is 16.7. The van der Waals surface area contributed by atoms with Crippen LogP contribution in [0.3, 0.4) is 0 Å². The molecule has 1 saturated carbocycles. The highest BCUT2D eigenvalue weighted by Crippen LogP contribution is 2.34. The Hall–Kier alpha value is -3.76. The Morgan fingerprint density at radius 3 is 2.58 bits per heavy atom. The third kappa shape index (κ3) is 6.45. The zero-order valence-electron chi connectivity index (χ0n) is 25.3. The molecule has 4 heterocycles. The van der Waals surface area contributed by atoms with Crippen molar-refractivity contribution >= 4 is 11.2 Å². The lowest BCUT2D eigenvalue weighted by Crippen LogP contribution is -2.41. The van der Waals surface area contributed by atoms with Gasteiger partial charge in [-0.2, -0.15) is 0 Å². The number of aromatic nitrogens is 5. The summed E-state index contributed by atoms with van der Waals surface area (Å²) in [6.45, 7) is 8.26. The number of aryl methyl sites for hydroxylation is 1. The Morgan fingerprint density at radius 1 is 1.05 bits per heavy atom. The lowest BCUT2D eigenvalue weighted by atomic mass is 10.1. The van der Waals surface area contributed by atoms with Gasteiger partial charge in [0.1, 0.15) is 5.82 Å². The van der Waals surface area contributed by atoms with Crippen LogP contribution in [0.25, 0.3) is 22.6 Å². The molecule has 1 atom stereocenters. The van der Waals surface area contributed by atoms with Gasteiger partial charge in [0.15, 0.2) is 17.5 Å². The zero-order chi connectivity index (χ0) is 29.9. The van der Waals surface area contributed by atoms with Crippen molar-refractivity contribution in [1.29, 1.82) is 0 Å². The largest absolute Gasteiger partial charge is 0.477 e. The average molecular weight is 588 g/mol. The normalized spacial score (nSPS) is 17.2. The summed E-state index contributed by atoms with van der Waals surface area (Å²) < 4.78 is 22.6. The van der Waals surface area contributed by atoms with Crippen LogP contribution in [0.2, 0.25) is 0 Å². The molecule has 0 amide bonds. The van der Waals surface area contributed by atoms with Gasteiger partial charge in [-0.25, -0.2) is 14.8 Å². The predicted molar refractivity (Wildman–Crippen MR) is 165 cm³/mol. The highest BCUT2D eigenvalue weighted by Gasteiger charge is 2.27. The van der Waals surface area contributed by atoms with Gasteiger partial charge in [0.05, 0.1) is 18.8 Å². The van der Waals surface area contributed by atoms with Crippen molar-refractivity contribution in [3.05, 3.63) is 74.6 Å². The van der Waals surface area contributed by atoms with Gasteiger partial charge in [-0.3, -0.25) is 13.9 Å². The fourth-order valence-corrected chi connectivity index (χ4v) is 5.59. The third-order valence-corrected chi connectivity index (χ3v) is 8.17. The van der Waals surface area contributed by atoms with Crippen molar-refractivity contribution in [3.8, 4) is 17.3 Å². The number of pyridine rings is 1. The summed E-state index contributed by atoms with van der Waals surface area (Å²) in [5.74, 6) is 1.58. The zero-order valence-corrected chi connectivity index (χ0v) is 25.3. The van der Waals surface area contributed by atoms with Crippen molar-refractivity contribution in [1.82, 2.24) is 23.7 Å². The SMILES string of the molecule is Cc1ccc(Cn2c(-c3cccnc3OCC3CC3)nc3c2c(=O)n(CCCOC2CCCCO2)c(=O)n3C(C)C)cc1. The van der Waals surface area contributed by atoms with E-state index in [2.05, 4.69) is 29.2 Å². The van der Waals surface area contributed by atoms with Gasteiger partial charge < -0.3 is 18.8 Å². The third-order valence-electron chi connectivity index (χ3n) is 8.17. The molecule has 0 bridgehead atoms. The smallest absolute Gasteiger partial charge is 0.332 e.